The van der Waals surface area contributed by atoms with Gasteiger partial charge in [0.05, 0.1) is 21.7 Å². The van der Waals surface area contributed by atoms with Crippen molar-refractivity contribution in [3.05, 3.63) is 58.1 Å². The van der Waals surface area contributed by atoms with Crippen LogP contribution in [0.25, 0.3) is 10.2 Å². The zero-order valence-electron chi connectivity index (χ0n) is 15.4. The Morgan fingerprint density at radius 1 is 1.15 bits per heavy atom. The summed E-state index contributed by atoms with van der Waals surface area (Å²) in [7, 11) is -3.94. The lowest BCUT2D eigenvalue weighted by molar-refractivity contribution is 0.139. The quantitative estimate of drug-likeness (QED) is 0.583. The Balaban J connectivity index is 2.17. The second-order valence-electron chi connectivity index (χ2n) is 6.16. The number of benzene rings is 2. The van der Waals surface area contributed by atoms with Crippen molar-refractivity contribution >= 4 is 31.6 Å². The highest BCUT2D eigenvalue weighted by Gasteiger charge is 2.15. The minimum atomic E-state index is -3.94. The topological polar surface area (TPSA) is 60.7 Å². The predicted molar refractivity (Wildman–Crippen MR) is 105 cm³/mol. The molecule has 0 bridgehead atoms. The Kier molecular flexibility index (Phi) is 5.78. The smallest absolute Gasteiger partial charge is 0.285 e. The number of thiazole rings is 1. The fourth-order valence-electron chi connectivity index (χ4n) is 2.67. The first kappa shape index (κ1) is 19.7. The number of hydrogen-bond acceptors (Lipinski definition) is 4. The number of fused-ring (bicyclic) bond motifs is 1. The molecule has 0 radical (unpaired) electrons. The molecular formula is C19H21FN2O3S2. The first-order valence-corrected chi connectivity index (χ1v) is 10.8. The summed E-state index contributed by atoms with van der Waals surface area (Å²) in [4.78, 5) is 0.337. The average Bonchev–Trinajstić information content (AvgIpc) is 2.92. The van der Waals surface area contributed by atoms with Crippen LogP contribution in [0.1, 0.15) is 18.1 Å². The first-order chi connectivity index (χ1) is 12.8. The maximum Gasteiger partial charge on any atom is 0.285 e. The molecule has 0 fully saturated rings. The lowest BCUT2D eigenvalue weighted by Crippen LogP contribution is -2.20. The molecule has 0 N–H and O–H groups in total. The van der Waals surface area contributed by atoms with Crippen LogP contribution in [-0.4, -0.2) is 26.2 Å². The van der Waals surface area contributed by atoms with Crippen LogP contribution in [0.3, 0.4) is 0 Å². The summed E-state index contributed by atoms with van der Waals surface area (Å²) < 4.78 is 50.8. The third-order valence-electron chi connectivity index (χ3n) is 4.27. The molecule has 0 saturated carbocycles. The monoisotopic (exact) mass is 408 g/mol. The highest BCUT2D eigenvalue weighted by atomic mass is 32.2. The van der Waals surface area contributed by atoms with Gasteiger partial charge in [-0.05, 0) is 68.3 Å². The summed E-state index contributed by atoms with van der Waals surface area (Å²) in [6.45, 7) is 7.49. The minimum absolute atomic E-state index is 0.0370. The van der Waals surface area contributed by atoms with E-state index in [0.29, 0.717) is 24.6 Å². The number of ether oxygens (including phenoxy) is 1. The molecule has 144 valence electrons. The highest BCUT2D eigenvalue weighted by Crippen LogP contribution is 2.22. The molecule has 0 atom stereocenters. The van der Waals surface area contributed by atoms with E-state index in [1.807, 2.05) is 37.5 Å². The molecule has 0 aliphatic heterocycles. The zero-order valence-corrected chi connectivity index (χ0v) is 17.0. The van der Waals surface area contributed by atoms with Gasteiger partial charge in [0.25, 0.3) is 10.0 Å². The molecule has 1 heterocycles. The van der Waals surface area contributed by atoms with Gasteiger partial charge in [-0.25, -0.2) is 4.39 Å². The standard InChI is InChI=1S/C19H21FN2O3S2/c1-4-25-10-9-22-17-11-13(2)14(3)12-18(17)26-19(22)21-27(23,24)16-7-5-15(20)6-8-16/h5-8,11-12H,4,9-10H2,1-3H3. The van der Waals surface area contributed by atoms with Crippen LogP contribution in [-0.2, 0) is 21.3 Å². The van der Waals surface area contributed by atoms with E-state index in [4.69, 9.17) is 4.74 Å². The van der Waals surface area contributed by atoms with Gasteiger partial charge in [0.1, 0.15) is 5.82 Å². The highest BCUT2D eigenvalue weighted by molar-refractivity contribution is 7.90. The van der Waals surface area contributed by atoms with Crippen molar-refractivity contribution in [1.29, 1.82) is 0 Å². The van der Waals surface area contributed by atoms with Crippen LogP contribution in [0.15, 0.2) is 45.7 Å². The summed E-state index contributed by atoms with van der Waals surface area (Å²) in [5.41, 5.74) is 3.18. The summed E-state index contributed by atoms with van der Waals surface area (Å²) in [6.07, 6.45) is 0. The molecule has 8 heteroatoms. The molecule has 0 aliphatic rings. The van der Waals surface area contributed by atoms with E-state index in [0.717, 1.165) is 33.5 Å². The molecule has 3 rings (SSSR count). The minimum Gasteiger partial charge on any atom is -0.380 e. The molecule has 3 aromatic rings. The molecule has 0 saturated heterocycles. The van der Waals surface area contributed by atoms with Gasteiger partial charge in [0.2, 0.25) is 4.80 Å². The Labute approximate surface area is 161 Å². The van der Waals surface area contributed by atoms with Crippen molar-refractivity contribution in [1.82, 2.24) is 4.57 Å². The van der Waals surface area contributed by atoms with Gasteiger partial charge < -0.3 is 9.30 Å². The number of hydrogen-bond donors (Lipinski definition) is 0. The predicted octanol–water partition coefficient (Wildman–Crippen LogP) is 3.78. The molecule has 0 spiro atoms. The third-order valence-corrected chi connectivity index (χ3v) is 6.71. The Hall–Kier alpha value is -2.03. The fourth-order valence-corrected chi connectivity index (χ4v) is 5.01. The second kappa shape index (κ2) is 7.92. The molecule has 27 heavy (non-hydrogen) atoms. The molecule has 1 aromatic heterocycles. The largest absolute Gasteiger partial charge is 0.380 e. The van der Waals surface area contributed by atoms with Crippen LogP contribution in [0.2, 0.25) is 0 Å². The molecule has 0 aliphatic carbocycles. The van der Waals surface area contributed by atoms with Crippen molar-refractivity contribution in [3.8, 4) is 0 Å². The van der Waals surface area contributed by atoms with E-state index in [1.165, 1.54) is 23.5 Å². The number of aromatic nitrogens is 1. The lowest BCUT2D eigenvalue weighted by Gasteiger charge is -2.07. The van der Waals surface area contributed by atoms with Gasteiger partial charge in [-0.3, -0.25) is 0 Å². The van der Waals surface area contributed by atoms with Gasteiger partial charge in [0, 0.05) is 13.2 Å². The maximum atomic E-state index is 13.1. The SMILES string of the molecule is CCOCCn1c(=NS(=O)(=O)c2ccc(F)cc2)sc2cc(C)c(C)cc21. The van der Waals surface area contributed by atoms with Crippen molar-refractivity contribution in [3.63, 3.8) is 0 Å². The first-order valence-electron chi connectivity index (χ1n) is 8.56. The van der Waals surface area contributed by atoms with Crippen LogP contribution in [0, 0.1) is 19.7 Å². The van der Waals surface area contributed by atoms with E-state index in [-0.39, 0.29) is 4.90 Å². The van der Waals surface area contributed by atoms with Crippen molar-refractivity contribution in [2.75, 3.05) is 13.2 Å². The molecule has 0 amide bonds. The third kappa shape index (κ3) is 4.28. The summed E-state index contributed by atoms with van der Waals surface area (Å²) in [5.74, 6) is -0.492. The fraction of sp³-hybridized carbons (Fsp3) is 0.316. The van der Waals surface area contributed by atoms with E-state index >= 15 is 0 Å². The average molecular weight is 409 g/mol. The van der Waals surface area contributed by atoms with Crippen LogP contribution in [0.5, 0.6) is 0 Å². The normalized spacial score (nSPS) is 12.8. The number of sulfonamides is 1. The van der Waals surface area contributed by atoms with Crippen molar-refractivity contribution in [2.24, 2.45) is 4.40 Å². The molecular weight excluding hydrogens is 387 g/mol. The maximum absolute atomic E-state index is 13.1. The van der Waals surface area contributed by atoms with Gasteiger partial charge in [-0.1, -0.05) is 11.3 Å². The number of halogens is 1. The molecule has 5 nitrogen and oxygen atoms in total. The Morgan fingerprint density at radius 2 is 1.81 bits per heavy atom. The van der Waals surface area contributed by atoms with E-state index < -0.39 is 15.8 Å². The van der Waals surface area contributed by atoms with Crippen LogP contribution < -0.4 is 4.80 Å². The van der Waals surface area contributed by atoms with Gasteiger partial charge in [0.15, 0.2) is 0 Å². The molecule has 0 unspecified atom stereocenters. The van der Waals surface area contributed by atoms with Crippen molar-refractivity contribution < 1.29 is 17.5 Å². The zero-order chi connectivity index (χ0) is 19.6. The lowest BCUT2D eigenvalue weighted by atomic mass is 10.1. The number of rotatable bonds is 6. The van der Waals surface area contributed by atoms with E-state index in [2.05, 4.69) is 4.40 Å². The van der Waals surface area contributed by atoms with Gasteiger partial charge in [-0.15, -0.1) is 4.40 Å². The second-order valence-corrected chi connectivity index (χ2v) is 8.77. The number of nitrogens with zero attached hydrogens (tertiary/aromatic N) is 2. The Bertz CT molecular complexity index is 1130. The summed E-state index contributed by atoms with van der Waals surface area (Å²) >= 11 is 1.32. The van der Waals surface area contributed by atoms with Gasteiger partial charge in [-0.2, -0.15) is 8.42 Å². The van der Waals surface area contributed by atoms with Crippen LogP contribution in [0.4, 0.5) is 4.39 Å². The van der Waals surface area contributed by atoms with E-state index in [1.54, 1.807) is 0 Å². The molecule has 2 aromatic carbocycles. The Morgan fingerprint density at radius 3 is 2.48 bits per heavy atom. The van der Waals surface area contributed by atoms with Gasteiger partial charge >= 0.3 is 0 Å². The van der Waals surface area contributed by atoms with E-state index in [9.17, 15) is 12.8 Å². The van der Waals surface area contributed by atoms with Crippen LogP contribution >= 0.6 is 11.3 Å². The number of aryl methyl sites for hydroxylation is 2. The summed E-state index contributed by atoms with van der Waals surface area (Å²) in [5, 5.41) is 0. The van der Waals surface area contributed by atoms with Crippen molar-refractivity contribution in [2.45, 2.75) is 32.2 Å². The summed E-state index contributed by atoms with van der Waals surface area (Å²) in [6, 6.07) is 8.75.